The fraction of sp³-hybridized carbons (Fsp3) is 0.471. The van der Waals surface area contributed by atoms with Gasteiger partial charge in [-0.1, -0.05) is 6.07 Å². The largest absolute Gasteiger partial charge is 0.373 e. The van der Waals surface area contributed by atoms with Gasteiger partial charge in [-0.05, 0) is 30.7 Å². The molecule has 4 heterocycles. The second kappa shape index (κ2) is 6.22. The molecule has 2 aromatic heterocycles. The van der Waals surface area contributed by atoms with E-state index in [1.807, 2.05) is 31.5 Å². The van der Waals surface area contributed by atoms with E-state index in [9.17, 15) is 0 Å². The Morgan fingerprint density at radius 1 is 1.22 bits per heavy atom. The van der Waals surface area contributed by atoms with Gasteiger partial charge in [0, 0.05) is 38.6 Å². The zero-order valence-electron chi connectivity index (χ0n) is 13.3. The number of aryl methyl sites for hydroxylation is 1. The van der Waals surface area contributed by atoms with Gasteiger partial charge in [-0.15, -0.1) is 5.10 Å². The summed E-state index contributed by atoms with van der Waals surface area (Å²) in [7, 11) is 0. The molecule has 2 aliphatic heterocycles. The molecule has 4 rings (SSSR count). The number of hydrogen-bond donors (Lipinski definition) is 0. The van der Waals surface area contributed by atoms with Crippen molar-refractivity contribution in [2.24, 2.45) is 0 Å². The van der Waals surface area contributed by atoms with Gasteiger partial charge in [0.25, 0.3) is 0 Å². The van der Waals surface area contributed by atoms with Crippen molar-refractivity contribution in [3.05, 3.63) is 47.9 Å². The molecule has 0 aromatic carbocycles. The molecule has 0 radical (unpaired) electrons. The first-order valence-electron chi connectivity index (χ1n) is 8.09. The molecule has 6 heteroatoms. The van der Waals surface area contributed by atoms with Gasteiger partial charge in [0.2, 0.25) is 0 Å². The first kappa shape index (κ1) is 14.5. The molecular weight excluding hydrogens is 290 g/mol. The first-order chi connectivity index (χ1) is 11.3. The van der Waals surface area contributed by atoms with Gasteiger partial charge in [-0.2, -0.15) is 5.10 Å². The molecular formula is C17H21N5O. The van der Waals surface area contributed by atoms with E-state index in [0.717, 1.165) is 44.3 Å². The van der Waals surface area contributed by atoms with Crippen LogP contribution in [0.3, 0.4) is 0 Å². The van der Waals surface area contributed by atoms with Gasteiger partial charge in [0.05, 0.1) is 24.4 Å². The SMILES string of the molecule is Cc1ccc(N2CCO[C@@H]3CN(Cc4cccnc4)C[C@@H]32)nn1. The van der Waals surface area contributed by atoms with E-state index in [0.29, 0.717) is 6.04 Å². The lowest BCUT2D eigenvalue weighted by atomic mass is 10.1. The quantitative estimate of drug-likeness (QED) is 0.851. The molecule has 0 unspecified atom stereocenters. The Bertz CT molecular complexity index is 648. The van der Waals surface area contributed by atoms with E-state index in [-0.39, 0.29) is 6.10 Å². The smallest absolute Gasteiger partial charge is 0.151 e. The van der Waals surface area contributed by atoms with Crippen molar-refractivity contribution in [2.45, 2.75) is 25.6 Å². The Morgan fingerprint density at radius 2 is 2.17 bits per heavy atom. The molecule has 2 fully saturated rings. The molecule has 0 spiro atoms. The van der Waals surface area contributed by atoms with E-state index in [4.69, 9.17) is 4.74 Å². The Morgan fingerprint density at radius 3 is 2.96 bits per heavy atom. The van der Waals surface area contributed by atoms with Crippen molar-refractivity contribution in [1.82, 2.24) is 20.1 Å². The highest BCUT2D eigenvalue weighted by Crippen LogP contribution is 2.27. The molecule has 2 aromatic rings. The average Bonchev–Trinajstić information content (AvgIpc) is 2.99. The fourth-order valence-electron chi connectivity index (χ4n) is 3.47. The van der Waals surface area contributed by atoms with Crippen molar-refractivity contribution in [3.63, 3.8) is 0 Å². The zero-order chi connectivity index (χ0) is 15.6. The molecule has 0 amide bonds. The average molecular weight is 311 g/mol. The molecule has 23 heavy (non-hydrogen) atoms. The van der Waals surface area contributed by atoms with Crippen LogP contribution < -0.4 is 4.90 Å². The van der Waals surface area contributed by atoms with Crippen LogP contribution in [-0.2, 0) is 11.3 Å². The van der Waals surface area contributed by atoms with Crippen LogP contribution in [0.1, 0.15) is 11.3 Å². The van der Waals surface area contributed by atoms with E-state index in [1.54, 1.807) is 0 Å². The number of pyridine rings is 1. The molecule has 2 atom stereocenters. The van der Waals surface area contributed by atoms with E-state index < -0.39 is 0 Å². The Kier molecular flexibility index (Phi) is 3.93. The second-order valence-corrected chi connectivity index (χ2v) is 6.26. The fourth-order valence-corrected chi connectivity index (χ4v) is 3.47. The summed E-state index contributed by atoms with van der Waals surface area (Å²) in [5.74, 6) is 0.956. The number of anilines is 1. The number of rotatable bonds is 3. The van der Waals surface area contributed by atoms with E-state index in [2.05, 4.69) is 37.1 Å². The number of nitrogens with zero attached hydrogens (tertiary/aromatic N) is 5. The summed E-state index contributed by atoms with van der Waals surface area (Å²) in [5.41, 5.74) is 2.19. The molecule has 120 valence electrons. The summed E-state index contributed by atoms with van der Waals surface area (Å²) >= 11 is 0. The third kappa shape index (κ3) is 3.04. The Labute approximate surface area is 136 Å². The summed E-state index contributed by atoms with van der Waals surface area (Å²) in [4.78, 5) is 8.99. The van der Waals surface area contributed by atoms with Crippen molar-refractivity contribution in [1.29, 1.82) is 0 Å². The highest BCUT2D eigenvalue weighted by atomic mass is 16.5. The topological polar surface area (TPSA) is 54.4 Å². The van der Waals surface area contributed by atoms with Gasteiger partial charge in [0.1, 0.15) is 0 Å². The molecule has 2 aliphatic rings. The van der Waals surface area contributed by atoms with Crippen LogP contribution >= 0.6 is 0 Å². The van der Waals surface area contributed by atoms with Gasteiger partial charge in [0.15, 0.2) is 5.82 Å². The van der Waals surface area contributed by atoms with Crippen LogP contribution in [0.5, 0.6) is 0 Å². The predicted molar refractivity (Wildman–Crippen MR) is 87.2 cm³/mol. The number of ether oxygens (including phenoxy) is 1. The Balaban J connectivity index is 1.49. The minimum absolute atomic E-state index is 0.239. The maximum absolute atomic E-state index is 6.00. The first-order valence-corrected chi connectivity index (χ1v) is 8.09. The lowest BCUT2D eigenvalue weighted by Gasteiger charge is -2.37. The van der Waals surface area contributed by atoms with Gasteiger partial charge < -0.3 is 9.64 Å². The molecule has 6 nitrogen and oxygen atoms in total. The number of fused-ring (bicyclic) bond motifs is 1. The van der Waals surface area contributed by atoms with Gasteiger partial charge in [-0.25, -0.2) is 0 Å². The van der Waals surface area contributed by atoms with Crippen LogP contribution in [0.25, 0.3) is 0 Å². The zero-order valence-corrected chi connectivity index (χ0v) is 13.3. The highest BCUT2D eigenvalue weighted by Gasteiger charge is 2.40. The van der Waals surface area contributed by atoms with Gasteiger partial charge in [-0.3, -0.25) is 9.88 Å². The summed E-state index contributed by atoms with van der Waals surface area (Å²) in [6.07, 6.45) is 3.99. The summed E-state index contributed by atoms with van der Waals surface area (Å²) < 4.78 is 6.00. The second-order valence-electron chi connectivity index (χ2n) is 6.26. The standard InChI is InChI=1S/C17H21N5O/c1-13-4-5-17(20-19-13)22-7-8-23-16-12-21(11-15(16)22)10-14-3-2-6-18-9-14/h2-6,9,15-16H,7-8,10-12H2,1H3/t15-,16+/m0/s1. The predicted octanol–water partition coefficient (Wildman–Crippen LogP) is 1.27. The molecule has 0 N–H and O–H groups in total. The van der Waals surface area contributed by atoms with Crippen molar-refractivity contribution in [2.75, 3.05) is 31.1 Å². The van der Waals surface area contributed by atoms with Crippen molar-refractivity contribution >= 4 is 5.82 Å². The summed E-state index contributed by atoms with van der Waals surface area (Å²) in [6, 6.07) is 8.55. The maximum Gasteiger partial charge on any atom is 0.151 e. The van der Waals surface area contributed by atoms with Gasteiger partial charge >= 0.3 is 0 Å². The molecule has 0 saturated carbocycles. The minimum atomic E-state index is 0.239. The number of hydrogen-bond acceptors (Lipinski definition) is 6. The lowest BCUT2D eigenvalue weighted by molar-refractivity contribution is 0.0303. The summed E-state index contributed by atoms with van der Waals surface area (Å²) in [6.45, 7) is 6.43. The van der Waals surface area contributed by atoms with Crippen molar-refractivity contribution < 1.29 is 4.74 Å². The third-order valence-electron chi connectivity index (χ3n) is 4.58. The van der Waals surface area contributed by atoms with E-state index >= 15 is 0 Å². The minimum Gasteiger partial charge on any atom is -0.373 e. The Hall–Kier alpha value is -2.05. The van der Waals surface area contributed by atoms with Crippen LogP contribution in [0, 0.1) is 6.92 Å². The summed E-state index contributed by atoms with van der Waals surface area (Å²) in [5, 5.41) is 8.56. The van der Waals surface area contributed by atoms with Crippen LogP contribution in [0.2, 0.25) is 0 Å². The van der Waals surface area contributed by atoms with Crippen LogP contribution in [0.15, 0.2) is 36.7 Å². The van der Waals surface area contributed by atoms with Crippen LogP contribution in [-0.4, -0.2) is 58.5 Å². The molecule has 0 aliphatic carbocycles. The van der Waals surface area contributed by atoms with E-state index in [1.165, 1.54) is 5.56 Å². The molecule has 2 saturated heterocycles. The number of likely N-dealkylation sites (tertiary alicyclic amines) is 1. The monoisotopic (exact) mass is 311 g/mol. The number of morpholine rings is 1. The lowest BCUT2D eigenvalue weighted by Crippen LogP contribution is -2.51. The number of aromatic nitrogens is 3. The molecule has 0 bridgehead atoms. The maximum atomic E-state index is 6.00. The van der Waals surface area contributed by atoms with Crippen LogP contribution in [0.4, 0.5) is 5.82 Å². The normalized spacial score (nSPS) is 24.7. The van der Waals surface area contributed by atoms with Crippen molar-refractivity contribution in [3.8, 4) is 0 Å². The third-order valence-corrected chi connectivity index (χ3v) is 4.58. The highest BCUT2D eigenvalue weighted by molar-refractivity contribution is 5.40.